The highest BCUT2D eigenvalue weighted by Gasteiger charge is 2.36. The monoisotopic (exact) mass is 420 g/mol. The largest absolute Gasteiger partial charge is 0.334 e. The van der Waals surface area contributed by atoms with Crippen LogP contribution in [0.2, 0.25) is 10.0 Å². The molecule has 2 aliphatic rings. The van der Waals surface area contributed by atoms with Gasteiger partial charge in [0.2, 0.25) is 15.9 Å². The maximum absolute atomic E-state index is 12.9. The summed E-state index contributed by atoms with van der Waals surface area (Å²) >= 11 is 12.1. The van der Waals surface area contributed by atoms with E-state index in [1.807, 2.05) is 4.90 Å². The number of likely N-dealkylation sites (N-methyl/N-ethyl adjacent to an activating group) is 1. The van der Waals surface area contributed by atoms with Crippen molar-refractivity contribution >= 4 is 39.1 Å². The number of piperidine rings is 1. The van der Waals surface area contributed by atoms with E-state index >= 15 is 0 Å². The number of amides is 1. The Labute approximate surface area is 164 Å². The third kappa shape index (κ3) is 4.02. The van der Waals surface area contributed by atoms with Crippen molar-refractivity contribution in [3.05, 3.63) is 28.2 Å². The Morgan fingerprint density at radius 2 is 1.62 bits per heavy atom. The van der Waals surface area contributed by atoms with Crippen LogP contribution in [0.15, 0.2) is 23.1 Å². The zero-order valence-corrected chi connectivity index (χ0v) is 17.1. The Balaban J connectivity index is 1.65. The van der Waals surface area contributed by atoms with E-state index in [0.29, 0.717) is 25.9 Å². The first-order chi connectivity index (χ1) is 12.3. The van der Waals surface area contributed by atoms with Crippen LogP contribution in [0.1, 0.15) is 12.8 Å². The molecule has 0 saturated carbocycles. The number of sulfonamides is 1. The molecule has 9 heteroatoms. The number of halogens is 2. The van der Waals surface area contributed by atoms with E-state index in [9.17, 15) is 13.2 Å². The van der Waals surface area contributed by atoms with E-state index in [0.717, 1.165) is 26.2 Å². The van der Waals surface area contributed by atoms with Crippen molar-refractivity contribution < 1.29 is 18.1 Å². The van der Waals surface area contributed by atoms with Gasteiger partial charge in [0.15, 0.2) is 0 Å². The second kappa shape index (κ2) is 8.02. The molecule has 1 amide bonds. The number of nitrogens with zero attached hydrogens (tertiary/aromatic N) is 2. The van der Waals surface area contributed by atoms with Crippen LogP contribution < -0.4 is 4.90 Å². The van der Waals surface area contributed by atoms with Crippen molar-refractivity contribution in [2.75, 3.05) is 46.3 Å². The van der Waals surface area contributed by atoms with Gasteiger partial charge in [0.05, 0.1) is 43.3 Å². The van der Waals surface area contributed by atoms with Gasteiger partial charge in [0.25, 0.3) is 0 Å². The van der Waals surface area contributed by atoms with E-state index in [-0.39, 0.29) is 26.8 Å². The molecule has 1 aromatic carbocycles. The maximum Gasteiger partial charge on any atom is 0.246 e. The summed E-state index contributed by atoms with van der Waals surface area (Å²) in [6.45, 7) is 4.09. The summed E-state index contributed by atoms with van der Waals surface area (Å²) < 4.78 is 27.2. The molecule has 0 aliphatic carbocycles. The molecule has 144 valence electrons. The van der Waals surface area contributed by atoms with Crippen LogP contribution in [0.25, 0.3) is 0 Å². The van der Waals surface area contributed by atoms with Crippen LogP contribution in [0.5, 0.6) is 0 Å². The van der Waals surface area contributed by atoms with Crippen molar-refractivity contribution in [2.45, 2.75) is 17.7 Å². The zero-order chi connectivity index (χ0) is 18.9. The predicted molar refractivity (Wildman–Crippen MR) is 101 cm³/mol. The number of hydrogen-bond donors (Lipinski definition) is 1. The zero-order valence-electron chi connectivity index (χ0n) is 14.7. The van der Waals surface area contributed by atoms with Crippen molar-refractivity contribution in [1.82, 2.24) is 9.21 Å². The molecule has 3 rings (SSSR count). The van der Waals surface area contributed by atoms with Crippen molar-refractivity contribution in [3.8, 4) is 0 Å². The van der Waals surface area contributed by atoms with E-state index in [1.165, 1.54) is 21.3 Å². The third-order valence-electron chi connectivity index (χ3n) is 5.25. The maximum atomic E-state index is 12.9. The van der Waals surface area contributed by atoms with Crippen LogP contribution in [0, 0.1) is 5.92 Å². The molecule has 0 bridgehead atoms. The lowest BCUT2D eigenvalue weighted by molar-refractivity contribution is -0.883. The SMILES string of the molecule is C[NH+]1CCN(C(=O)C2CCN(S(=O)(=O)c3c(Cl)cccc3Cl)CC2)CC1. The number of hydrogen-bond acceptors (Lipinski definition) is 3. The number of carbonyl (C=O) groups excluding carboxylic acids is 1. The molecule has 2 aliphatic heterocycles. The Morgan fingerprint density at radius 1 is 1.08 bits per heavy atom. The van der Waals surface area contributed by atoms with Gasteiger partial charge < -0.3 is 9.80 Å². The molecule has 26 heavy (non-hydrogen) atoms. The van der Waals surface area contributed by atoms with Gasteiger partial charge in [-0.2, -0.15) is 4.31 Å². The van der Waals surface area contributed by atoms with Crippen molar-refractivity contribution in [2.24, 2.45) is 5.92 Å². The number of carbonyl (C=O) groups is 1. The molecule has 0 unspecified atom stereocenters. The lowest BCUT2D eigenvalue weighted by Crippen LogP contribution is -3.12. The third-order valence-corrected chi connectivity index (χ3v) is 8.10. The fourth-order valence-corrected chi connectivity index (χ4v) is 6.13. The van der Waals surface area contributed by atoms with E-state index in [1.54, 1.807) is 6.07 Å². The van der Waals surface area contributed by atoms with Gasteiger partial charge in [0.1, 0.15) is 4.90 Å². The summed E-state index contributed by atoms with van der Waals surface area (Å²) in [4.78, 5) is 16.0. The van der Waals surface area contributed by atoms with Crippen LogP contribution in [-0.4, -0.2) is 69.8 Å². The first-order valence-electron chi connectivity index (χ1n) is 8.85. The molecule has 2 saturated heterocycles. The Kier molecular flexibility index (Phi) is 6.14. The highest BCUT2D eigenvalue weighted by atomic mass is 35.5. The topological polar surface area (TPSA) is 62.1 Å². The minimum absolute atomic E-state index is 0.0462. The normalized spacial score (nSPS) is 21.1. The van der Waals surface area contributed by atoms with Crippen LogP contribution in [0.3, 0.4) is 0 Å². The fraction of sp³-hybridized carbons (Fsp3) is 0.588. The quantitative estimate of drug-likeness (QED) is 0.784. The summed E-state index contributed by atoms with van der Waals surface area (Å²) in [5.41, 5.74) is 0. The standard InChI is InChI=1S/C17H23Cl2N3O3S/c1-20-9-11-21(12-10-20)17(23)13-5-7-22(8-6-13)26(24,25)16-14(18)3-2-4-15(16)19/h2-4,13H,5-12H2,1H3/p+1. The van der Waals surface area contributed by atoms with Crippen molar-refractivity contribution in [3.63, 3.8) is 0 Å². The van der Waals surface area contributed by atoms with Gasteiger partial charge in [-0.3, -0.25) is 4.79 Å². The number of benzene rings is 1. The summed E-state index contributed by atoms with van der Waals surface area (Å²) in [7, 11) is -1.63. The lowest BCUT2D eigenvalue weighted by atomic mass is 9.96. The highest BCUT2D eigenvalue weighted by Crippen LogP contribution is 2.33. The summed E-state index contributed by atoms with van der Waals surface area (Å²) in [6.07, 6.45) is 1.05. The smallest absolute Gasteiger partial charge is 0.246 e. The van der Waals surface area contributed by atoms with Crippen LogP contribution in [-0.2, 0) is 14.8 Å². The first kappa shape index (κ1) is 19.9. The molecule has 0 aromatic heterocycles. The van der Waals surface area contributed by atoms with Gasteiger partial charge in [-0.15, -0.1) is 0 Å². The molecule has 0 atom stereocenters. The minimum Gasteiger partial charge on any atom is -0.334 e. The molecule has 2 heterocycles. The van der Waals surface area contributed by atoms with E-state index < -0.39 is 10.0 Å². The highest BCUT2D eigenvalue weighted by molar-refractivity contribution is 7.89. The summed E-state index contributed by atoms with van der Waals surface area (Å²) in [6, 6.07) is 4.66. The molecule has 0 radical (unpaired) electrons. The minimum atomic E-state index is -3.76. The van der Waals surface area contributed by atoms with Gasteiger partial charge in [-0.25, -0.2) is 8.42 Å². The van der Waals surface area contributed by atoms with Gasteiger partial charge in [-0.1, -0.05) is 29.3 Å². The molecule has 2 fully saturated rings. The summed E-state index contributed by atoms with van der Waals surface area (Å²) in [5.74, 6) is 0.0481. The Hall–Kier alpha value is -0.860. The van der Waals surface area contributed by atoms with E-state index in [4.69, 9.17) is 23.2 Å². The number of piperazine rings is 1. The molecule has 0 spiro atoms. The Bertz CT molecular complexity index is 751. The Morgan fingerprint density at radius 3 is 2.15 bits per heavy atom. The van der Waals surface area contributed by atoms with Gasteiger partial charge in [0, 0.05) is 19.0 Å². The molecule has 1 aromatic rings. The number of rotatable bonds is 3. The average Bonchev–Trinajstić information content (AvgIpc) is 2.61. The second-order valence-electron chi connectivity index (χ2n) is 7.01. The average molecular weight is 421 g/mol. The molecule has 6 nitrogen and oxygen atoms in total. The van der Waals surface area contributed by atoms with Crippen LogP contribution >= 0.6 is 23.2 Å². The number of nitrogens with one attached hydrogen (secondary N) is 1. The fourth-order valence-electron chi connectivity index (χ4n) is 3.57. The molecule has 1 N–H and O–H groups in total. The lowest BCUT2D eigenvalue weighted by Gasteiger charge is -2.36. The molecular weight excluding hydrogens is 397 g/mol. The van der Waals surface area contributed by atoms with Gasteiger partial charge >= 0.3 is 0 Å². The summed E-state index contributed by atoms with van der Waals surface area (Å²) in [5, 5.41) is 0.242. The van der Waals surface area contributed by atoms with E-state index in [2.05, 4.69) is 7.05 Å². The number of quaternary nitrogens is 1. The predicted octanol–water partition coefficient (Wildman–Crippen LogP) is 0.751. The van der Waals surface area contributed by atoms with Crippen molar-refractivity contribution in [1.29, 1.82) is 0 Å². The molecular formula is C17H24Cl2N3O3S+. The van der Waals surface area contributed by atoms with Crippen LogP contribution in [0.4, 0.5) is 0 Å². The first-order valence-corrected chi connectivity index (χ1v) is 11.0. The second-order valence-corrected chi connectivity index (χ2v) is 9.70. The van der Waals surface area contributed by atoms with Gasteiger partial charge in [-0.05, 0) is 25.0 Å².